The molecule has 2 N–H and O–H groups in total. The van der Waals surface area contributed by atoms with E-state index in [-0.39, 0.29) is 23.9 Å². The Kier molecular flexibility index (Phi) is 4.47. The number of nitrogens with zero attached hydrogens (tertiary/aromatic N) is 2. The Labute approximate surface area is 107 Å². The lowest BCUT2D eigenvalue weighted by molar-refractivity contribution is -0.128. The molecule has 0 radical (unpaired) electrons. The van der Waals surface area contributed by atoms with E-state index in [1.54, 1.807) is 25.4 Å². The predicted octanol–water partition coefficient (Wildman–Crippen LogP) is 0.475. The highest BCUT2D eigenvalue weighted by Gasteiger charge is 2.17. The summed E-state index contributed by atoms with van der Waals surface area (Å²) in [6.07, 6.45) is 3.32. The summed E-state index contributed by atoms with van der Waals surface area (Å²) in [4.78, 5) is 23.3. The zero-order valence-corrected chi connectivity index (χ0v) is 11.2. The van der Waals surface area contributed by atoms with E-state index in [2.05, 4.69) is 15.7 Å². The molecular weight excluding hydrogens is 232 g/mol. The number of aromatic nitrogens is 2. The summed E-state index contributed by atoms with van der Waals surface area (Å²) < 4.78 is 1.54. The van der Waals surface area contributed by atoms with Crippen LogP contribution in [0.25, 0.3) is 0 Å². The summed E-state index contributed by atoms with van der Waals surface area (Å²) >= 11 is 0. The van der Waals surface area contributed by atoms with Crippen molar-refractivity contribution < 1.29 is 9.59 Å². The van der Waals surface area contributed by atoms with Gasteiger partial charge in [0.05, 0.1) is 6.54 Å². The molecule has 1 rings (SSSR count). The minimum atomic E-state index is -0.428. The minimum absolute atomic E-state index is 0.0261. The molecule has 0 aliphatic carbocycles. The van der Waals surface area contributed by atoms with Crippen LogP contribution in [-0.4, -0.2) is 33.7 Å². The van der Waals surface area contributed by atoms with Gasteiger partial charge in [-0.3, -0.25) is 14.3 Å². The summed E-state index contributed by atoms with van der Waals surface area (Å²) in [6.45, 7) is 7.36. The van der Waals surface area contributed by atoms with Crippen molar-refractivity contribution in [2.75, 3.05) is 6.54 Å². The van der Waals surface area contributed by atoms with E-state index in [1.807, 2.05) is 20.8 Å². The normalized spacial score (nSPS) is 12.9. The molecule has 1 atom stereocenters. The largest absolute Gasteiger partial charge is 0.350 e. The van der Waals surface area contributed by atoms with Crippen molar-refractivity contribution in [1.82, 2.24) is 20.4 Å². The first-order valence-electron chi connectivity index (χ1n) is 5.87. The van der Waals surface area contributed by atoms with Gasteiger partial charge in [0.2, 0.25) is 11.8 Å². The Morgan fingerprint density at radius 3 is 2.56 bits per heavy atom. The maximum atomic E-state index is 11.8. The molecule has 18 heavy (non-hydrogen) atoms. The third-order valence-electron chi connectivity index (χ3n) is 2.24. The molecular formula is C12H20N4O2. The first-order valence-corrected chi connectivity index (χ1v) is 5.87. The van der Waals surface area contributed by atoms with Crippen LogP contribution in [-0.2, 0) is 9.59 Å². The highest BCUT2D eigenvalue weighted by molar-refractivity contribution is 5.86. The zero-order chi connectivity index (χ0) is 13.8. The quantitative estimate of drug-likeness (QED) is 0.818. The van der Waals surface area contributed by atoms with Crippen molar-refractivity contribution in [2.24, 2.45) is 0 Å². The Morgan fingerprint density at radius 2 is 2.06 bits per heavy atom. The summed E-state index contributed by atoms with van der Waals surface area (Å²) in [7, 11) is 0. The van der Waals surface area contributed by atoms with Crippen LogP contribution >= 0.6 is 0 Å². The fourth-order valence-corrected chi connectivity index (χ4v) is 1.41. The van der Waals surface area contributed by atoms with Gasteiger partial charge in [0.15, 0.2) is 0 Å². The molecule has 0 fully saturated rings. The maximum absolute atomic E-state index is 11.8. The topological polar surface area (TPSA) is 76.0 Å². The number of carbonyl (C=O) groups is 2. The van der Waals surface area contributed by atoms with Crippen molar-refractivity contribution in [1.29, 1.82) is 0 Å². The summed E-state index contributed by atoms with van der Waals surface area (Å²) in [6, 6.07) is 1.32. The number of rotatable bonds is 4. The van der Waals surface area contributed by atoms with Gasteiger partial charge >= 0.3 is 0 Å². The Hall–Kier alpha value is -1.85. The third kappa shape index (κ3) is 4.57. The van der Waals surface area contributed by atoms with Gasteiger partial charge in [0.1, 0.15) is 6.04 Å². The molecule has 100 valence electrons. The second-order valence-corrected chi connectivity index (χ2v) is 5.18. The molecule has 0 aliphatic rings. The van der Waals surface area contributed by atoms with E-state index in [9.17, 15) is 9.59 Å². The number of hydrogen-bond donors (Lipinski definition) is 2. The van der Waals surface area contributed by atoms with Gasteiger partial charge in [0, 0.05) is 17.9 Å². The standard InChI is InChI=1S/C12H20N4O2/c1-9(16-7-5-6-14-16)11(18)13-8-10(17)15-12(2,3)4/h5-7,9H,8H2,1-4H3,(H,13,18)(H,15,17). The van der Waals surface area contributed by atoms with E-state index in [4.69, 9.17) is 0 Å². The van der Waals surface area contributed by atoms with Crippen LogP contribution in [0.3, 0.4) is 0 Å². The van der Waals surface area contributed by atoms with Crippen LogP contribution in [0.1, 0.15) is 33.7 Å². The zero-order valence-electron chi connectivity index (χ0n) is 11.2. The van der Waals surface area contributed by atoms with Crippen LogP contribution in [0.2, 0.25) is 0 Å². The molecule has 0 aromatic carbocycles. The Balaban J connectivity index is 2.40. The van der Waals surface area contributed by atoms with Crippen LogP contribution in [0.5, 0.6) is 0 Å². The molecule has 1 aromatic rings. The first-order chi connectivity index (χ1) is 8.29. The lowest BCUT2D eigenvalue weighted by Gasteiger charge is -2.21. The van der Waals surface area contributed by atoms with Gasteiger partial charge in [-0.05, 0) is 33.8 Å². The van der Waals surface area contributed by atoms with E-state index >= 15 is 0 Å². The smallest absolute Gasteiger partial charge is 0.245 e. The lowest BCUT2D eigenvalue weighted by atomic mass is 10.1. The van der Waals surface area contributed by atoms with E-state index < -0.39 is 6.04 Å². The SMILES string of the molecule is CC(C(=O)NCC(=O)NC(C)(C)C)n1cccn1. The Bertz CT molecular complexity index is 406. The number of amides is 2. The van der Waals surface area contributed by atoms with Gasteiger partial charge in [-0.15, -0.1) is 0 Å². The molecule has 6 heteroatoms. The van der Waals surface area contributed by atoms with Gasteiger partial charge in [-0.1, -0.05) is 0 Å². The van der Waals surface area contributed by atoms with Gasteiger partial charge in [-0.25, -0.2) is 0 Å². The maximum Gasteiger partial charge on any atom is 0.245 e. The summed E-state index contributed by atoms with van der Waals surface area (Å²) in [5.74, 6) is -0.439. The lowest BCUT2D eigenvalue weighted by Crippen LogP contribution is -2.46. The highest BCUT2D eigenvalue weighted by atomic mass is 16.2. The van der Waals surface area contributed by atoms with E-state index in [0.717, 1.165) is 0 Å². The number of hydrogen-bond acceptors (Lipinski definition) is 3. The van der Waals surface area contributed by atoms with Gasteiger partial charge < -0.3 is 10.6 Å². The van der Waals surface area contributed by atoms with Crippen molar-refractivity contribution in [3.8, 4) is 0 Å². The molecule has 1 aromatic heterocycles. The molecule has 0 aliphatic heterocycles. The summed E-state index contributed by atoms with van der Waals surface area (Å²) in [5, 5.41) is 9.33. The molecule has 1 heterocycles. The highest BCUT2D eigenvalue weighted by Crippen LogP contribution is 2.02. The molecule has 0 saturated carbocycles. The second kappa shape index (κ2) is 5.66. The molecule has 0 spiro atoms. The molecule has 0 saturated heterocycles. The van der Waals surface area contributed by atoms with E-state index in [1.165, 1.54) is 4.68 Å². The van der Waals surface area contributed by atoms with Crippen LogP contribution < -0.4 is 10.6 Å². The summed E-state index contributed by atoms with van der Waals surface area (Å²) in [5.41, 5.74) is -0.296. The van der Waals surface area contributed by atoms with Crippen LogP contribution in [0.4, 0.5) is 0 Å². The second-order valence-electron chi connectivity index (χ2n) is 5.18. The number of nitrogens with one attached hydrogen (secondary N) is 2. The van der Waals surface area contributed by atoms with Crippen molar-refractivity contribution >= 4 is 11.8 Å². The van der Waals surface area contributed by atoms with Crippen molar-refractivity contribution in [3.05, 3.63) is 18.5 Å². The molecule has 0 bridgehead atoms. The van der Waals surface area contributed by atoms with Gasteiger partial charge in [-0.2, -0.15) is 5.10 Å². The van der Waals surface area contributed by atoms with E-state index in [0.29, 0.717) is 0 Å². The minimum Gasteiger partial charge on any atom is -0.350 e. The fraction of sp³-hybridized carbons (Fsp3) is 0.583. The predicted molar refractivity (Wildman–Crippen MR) is 67.8 cm³/mol. The van der Waals surface area contributed by atoms with Crippen molar-refractivity contribution in [3.63, 3.8) is 0 Å². The fourth-order valence-electron chi connectivity index (χ4n) is 1.41. The van der Waals surface area contributed by atoms with Crippen LogP contribution in [0.15, 0.2) is 18.5 Å². The number of carbonyl (C=O) groups excluding carboxylic acids is 2. The molecule has 2 amide bonds. The average molecular weight is 252 g/mol. The van der Waals surface area contributed by atoms with Crippen molar-refractivity contribution in [2.45, 2.75) is 39.3 Å². The molecule has 6 nitrogen and oxygen atoms in total. The average Bonchev–Trinajstić information content (AvgIpc) is 2.75. The third-order valence-corrected chi connectivity index (χ3v) is 2.24. The van der Waals surface area contributed by atoms with Crippen LogP contribution in [0, 0.1) is 0 Å². The first kappa shape index (κ1) is 14.2. The monoisotopic (exact) mass is 252 g/mol. The molecule has 1 unspecified atom stereocenters. The Morgan fingerprint density at radius 1 is 1.39 bits per heavy atom. The van der Waals surface area contributed by atoms with Gasteiger partial charge in [0.25, 0.3) is 0 Å².